The Kier molecular flexibility index (Phi) is 8.90. The first-order chi connectivity index (χ1) is 30.1. The van der Waals surface area contributed by atoms with E-state index in [0.29, 0.717) is 0 Å². The van der Waals surface area contributed by atoms with Crippen molar-refractivity contribution in [1.29, 1.82) is 0 Å². The summed E-state index contributed by atoms with van der Waals surface area (Å²) >= 11 is 0. The number of imidazole rings is 1. The molecule has 61 heavy (non-hydrogen) atoms. The first-order valence-corrected chi connectivity index (χ1v) is 20.9. The third-order valence-corrected chi connectivity index (χ3v) is 11.8. The molecule has 0 radical (unpaired) electrons. The lowest BCUT2D eigenvalue weighted by molar-refractivity contribution is 1.10. The van der Waals surface area contributed by atoms with Crippen molar-refractivity contribution in [3.05, 3.63) is 230 Å². The molecular weight excluding hydrogens is 741 g/mol. The first-order valence-electron chi connectivity index (χ1n) is 20.9. The largest absolute Gasteiger partial charge is 0.311 e. The summed E-state index contributed by atoms with van der Waals surface area (Å²) in [5.41, 5.74) is 18.0. The minimum absolute atomic E-state index is 0.902. The van der Waals surface area contributed by atoms with Gasteiger partial charge in [-0.15, -0.1) is 0 Å². The summed E-state index contributed by atoms with van der Waals surface area (Å²) in [5, 5.41) is 2.51. The van der Waals surface area contributed by atoms with Crippen molar-refractivity contribution in [2.45, 2.75) is 13.8 Å². The quantitative estimate of drug-likeness (QED) is 0.153. The van der Waals surface area contributed by atoms with Crippen LogP contribution in [0.2, 0.25) is 0 Å². The van der Waals surface area contributed by atoms with Gasteiger partial charge in [-0.2, -0.15) is 0 Å². The van der Waals surface area contributed by atoms with Crippen molar-refractivity contribution in [3.8, 4) is 45.0 Å². The Morgan fingerprint density at radius 3 is 1.33 bits per heavy atom. The summed E-state index contributed by atoms with van der Waals surface area (Å²) in [7, 11) is 0. The van der Waals surface area contributed by atoms with Crippen molar-refractivity contribution in [1.82, 2.24) is 14.1 Å². The van der Waals surface area contributed by atoms with Crippen LogP contribution in [0.15, 0.2) is 218 Å². The summed E-state index contributed by atoms with van der Waals surface area (Å²) in [5.74, 6) is 0.902. The van der Waals surface area contributed by atoms with E-state index in [1.807, 2.05) is 0 Å². The first kappa shape index (κ1) is 36.2. The Bertz CT molecular complexity index is 3240. The second-order valence-electron chi connectivity index (χ2n) is 15.9. The van der Waals surface area contributed by atoms with Crippen LogP contribution in [0.1, 0.15) is 11.1 Å². The highest BCUT2D eigenvalue weighted by Crippen LogP contribution is 2.40. The predicted octanol–water partition coefficient (Wildman–Crippen LogP) is 15.2. The summed E-state index contributed by atoms with van der Waals surface area (Å²) in [6.45, 7) is 4.26. The lowest BCUT2D eigenvalue weighted by atomic mass is 9.95. The Balaban J connectivity index is 1.06. The molecule has 4 nitrogen and oxygen atoms in total. The fourth-order valence-corrected chi connectivity index (χ4v) is 8.79. The van der Waals surface area contributed by atoms with Gasteiger partial charge in [-0.3, -0.25) is 4.57 Å². The van der Waals surface area contributed by atoms with E-state index >= 15 is 0 Å². The maximum atomic E-state index is 5.30. The Morgan fingerprint density at radius 1 is 0.344 bits per heavy atom. The molecule has 0 atom stereocenters. The van der Waals surface area contributed by atoms with E-state index in [-0.39, 0.29) is 0 Å². The van der Waals surface area contributed by atoms with Crippen molar-refractivity contribution in [3.63, 3.8) is 0 Å². The van der Waals surface area contributed by atoms with Crippen LogP contribution in [0.25, 0.3) is 77.9 Å². The summed E-state index contributed by atoms with van der Waals surface area (Å²) in [6, 6.07) is 78.7. The van der Waals surface area contributed by atoms with Crippen molar-refractivity contribution < 1.29 is 0 Å². The number of hydrogen-bond acceptors (Lipinski definition) is 2. The van der Waals surface area contributed by atoms with Crippen LogP contribution in [0.3, 0.4) is 0 Å². The Morgan fingerprint density at radius 2 is 0.770 bits per heavy atom. The zero-order valence-electron chi connectivity index (χ0n) is 34.1. The fourth-order valence-electron chi connectivity index (χ4n) is 8.79. The molecule has 0 N–H and O–H groups in total. The second-order valence-corrected chi connectivity index (χ2v) is 15.9. The third-order valence-electron chi connectivity index (χ3n) is 11.8. The zero-order chi connectivity index (χ0) is 40.9. The van der Waals surface area contributed by atoms with Gasteiger partial charge in [-0.1, -0.05) is 126 Å². The average Bonchev–Trinajstić information content (AvgIpc) is 3.88. The smallest absolute Gasteiger partial charge is 0.145 e. The minimum atomic E-state index is 0.902. The molecule has 9 aromatic carbocycles. The van der Waals surface area contributed by atoms with E-state index in [2.05, 4.69) is 246 Å². The number of rotatable bonds is 8. The third kappa shape index (κ3) is 6.55. The van der Waals surface area contributed by atoms with Crippen LogP contribution >= 0.6 is 0 Å². The van der Waals surface area contributed by atoms with Gasteiger partial charge in [0.05, 0.1) is 22.1 Å². The molecule has 0 fully saturated rings. The van der Waals surface area contributed by atoms with Crippen molar-refractivity contribution in [2.24, 2.45) is 0 Å². The maximum Gasteiger partial charge on any atom is 0.145 e. The fraction of sp³-hybridized carbons (Fsp3) is 0.0351. The van der Waals surface area contributed by atoms with Crippen molar-refractivity contribution >= 4 is 49.9 Å². The number of fused-ring (bicyclic) bond motifs is 4. The topological polar surface area (TPSA) is 26.0 Å². The molecule has 11 rings (SSSR count). The van der Waals surface area contributed by atoms with Gasteiger partial charge in [0.25, 0.3) is 0 Å². The molecule has 4 heteroatoms. The van der Waals surface area contributed by atoms with Crippen LogP contribution in [0.5, 0.6) is 0 Å². The maximum absolute atomic E-state index is 5.30. The van der Waals surface area contributed by atoms with Crippen LogP contribution < -0.4 is 4.90 Å². The van der Waals surface area contributed by atoms with Crippen LogP contribution in [-0.4, -0.2) is 14.1 Å². The Hall–Kier alpha value is -7.95. The standard InChI is InChI=1S/C57H42N4/c1-39-20-28-47(29-21-39)59(48-30-22-40(2)23-31-48)49-32-24-41(25-33-49)43-36-44(38-45(37-43)57-58-53-16-8-11-19-56(53)61(57)46-12-4-3-5-13-46)42-26-34-50(35-27-42)60-54-17-9-6-14-51(54)52-15-7-10-18-55(52)60/h3-38H,1-2H3. The number of para-hydroxylation sites is 5. The molecule has 2 heterocycles. The summed E-state index contributed by atoms with van der Waals surface area (Å²) in [6.07, 6.45) is 0. The summed E-state index contributed by atoms with van der Waals surface area (Å²) in [4.78, 5) is 7.63. The van der Waals surface area contributed by atoms with Crippen LogP contribution in [0, 0.1) is 13.8 Å². The van der Waals surface area contributed by atoms with E-state index in [1.165, 1.54) is 32.9 Å². The molecule has 290 valence electrons. The molecule has 0 amide bonds. The number of nitrogens with zero attached hydrogens (tertiary/aromatic N) is 4. The number of anilines is 3. The highest BCUT2D eigenvalue weighted by molar-refractivity contribution is 6.09. The van der Waals surface area contributed by atoms with E-state index < -0.39 is 0 Å². The number of aryl methyl sites for hydroxylation is 2. The van der Waals surface area contributed by atoms with Crippen LogP contribution in [0.4, 0.5) is 17.1 Å². The SMILES string of the molecule is Cc1ccc(N(c2ccc(C)cc2)c2ccc(-c3cc(-c4ccc(-n5c6ccccc6c6ccccc65)cc4)cc(-c4nc5ccccc5n4-c4ccccc4)c3)cc2)cc1. The van der Waals surface area contributed by atoms with Gasteiger partial charge in [-0.05, 0) is 139 Å². The van der Waals surface area contributed by atoms with Gasteiger partial charge in [0, 0.05) is 44.8 Å². The molecule has 0 aliphatic carbocycles. The van der Waals surface area contributed by atoms with Gasteiger partial charge in [0.1, 0.15) is 5.82 Å². The number of aromatic nitrogens is 3. The van der Waals surface area contributed by atoms with Gasteiger partial charge in [0.15, 0.2) is 0 Å². The van der Waals surface area contributed by atoms with Gasteiger partial charge in [-0.25, -0.2) is 4.98 Å². The van der Waals surface area contributed by atoms with E-state index in [1.54, 1.807) is 0 Å². The molecule has 0 saturated heterocycles. The summed E-state index contributed by atoms with van der Waals surface area (Å²) < 4.78 is 4.66. The number of hydrogen-bond donors (Lipinski definition) is 0. The average molecular weight is 783 g/mol. The molecule has 0 bridgehead atoms. The van der Waals surface area contributed by atoms with E-state index in [0.717, 1.165) is 73.1 Å². The van der Waals surface area contributed by atoms with Crippen LogP contribution in [-0.2, 0) is 0 Å². The van der Waals surface area contributed by atoms with Gasteiger partial charge < -0.3 is 9.47 Å². The highest BCUT2D eigenvalue weighted by Gasteiger charge is 2.18. The molecule has 0 aliphatic rings. The normalized spacial score (nSPS) is 11.4. The molecular formula is C57H42N4. The monoisotopic (exact) mass is 782 g/mol. The zero-order valence-corrected chi connectivity index (χ0v) is 34.1. The lowest BCUT2D eigenvalue weighted by Gasteiger charge is -2.26. The molecule has 0 unspecified atom stereocenters. The Labute approximate surface area is 355 Å². The molecule has 0 saturated carbocycles. The van der Waals surface area contributed by atoms with E-state index in [9.17, 15) is 0 Å². The highest BCUT2D eigenvalue weighted by atomic mass is 15.1. The lowest BCUT2D eigenvalue weighted by Crippen LogP contribution is -2.09. The minimum Gasteiger partial charge on any atom is -0.311 e. The molecule has 11 aromatic rings. The van der Waals surface area contributed by atoms with Gasteiger partial charge >= 0.3 is 0 Å². The van der Waals surface area contributed by atoms with E-state index in [4.69, 9.17) is 4.98 Å². The van der Waals surface area contributed by atoms with Crippen molar-refractivity contribution in [2.75, 3.05) is 4.90 Å². The van der Waals surface area contributed by atoms with Gasteiger partial charge in [0.2, 0.25) is 0 Å². The molecule has 2 aromatic heterocycles. The molecule has 0 spiro atoms. The molecule has 0 aliphatic heterocycles. The predicted molar refractivity (Wildman–Crippen MR) is 256 cm³/mol. The second kappa shape index (κ2) is 15.0. The number of benzene rings is 9.